The quantitative estimate of drug-likeness (QED) is 0.389. The van der Waals surface area contributed by atoms with Gasteiger partial charge >= 0.3 is 0 Å². The van der Waals surface area contributed by atoms with Gasteiger partial charge in [-0.25, -0.2) is 4.68 Å². The summed E-state index contributed by atoms with van der Waals surface area (Å²) in [6.45, 7) is 0. The SMILES string of the molecule is CN(C(=O)[C@H](N)Cc1ccccc1)c1cn(-c2ccccc2)nc1-c1ccc2ccccc2c1. The Morgan fingerprint density at radius 2 is 1.53 bits per heavy atom. The van der Waals surface area contributed by atoms with Crippen molar-refractivity contribution < 1.29 is 4.79 Å². The Balaban J connectivity index is 1.54. The number of aromatic nitrogens is 2. The van der Waals surface area contributed by atoms with Crippen LogP contribution in [0.5, 0.6) is 0 Å². The zero-order valence-corrected chi connectivity index (χ0v) is 19.0. The molecule has 4 aromatic carbocycles. The van der Waals surface area contributed by atoms with Crippen LogP contribution in [0.3, 0.4) is 0 Å². The molecule has 1 aromatic heterocycles. The Bertz CT molecular complexity index is 1430. The van der Waals surface area contributed by atoms with E-state index < -0.39 is 6.04 Å². The van der Waals surface area contributed by atoms with E-state index in [9.17, 15) is 4.79 Å². The number of benzene rings is 4. The minimum absolute atomic E-state index is 0.154. The van der Waals surface area contributed by atoms with Crippen LogP contribution in [-0.4, -0.2) is 28.8 Å². The fraction of sp³-hybridized carbons (Fsp3) is 0.103. The minimum atomic E-state index is -0.656. The second kappa shape index (κ2) is 9.33. The molecule has 1 atom stereocenters. The van der Waals surface area contributed by atoms with Gasteiger partial charge in [-0.1, -0.05) is 84.9 Å². The van der Waals surface area contributed by atoms with Gasteiger partial charge in [0.25, 0.3) is 0 Å². The largest absolute Gasteiger partial charge is 0.320 e. The highest BCUT2D eigenvalue weighted by molar-refractivity contribution is 6.00. The van der Waals surface area contributed by atoms with Gasteiger partial charge in [0.1, 0.15) is 5.69 Å². The van der Waals surface area contributed by atoms with Gasteiger partial charge in [-0.3, -0.25) is 4.79 Å². The molecular weight excluding hydrogens is 420 g/mol. The van der Waals surface area contributed by atoms with Crippen LogP contribution in [0.2, 0.25) is 0 Å². The molecule has 0 aliphatic heterocycles. The van der Waals surface area contributed by atoms with Gasteiger partial charge in [-0.15, -0.1) is 0 Å². The predicted molar refractivity (Wildman–Crippen MR) is 138 cm³/mol. The van der Waals surface area contributed by atoms with E-state index in [-0.39, 0.29) is 5.91 Å². The highest BCUT2D eigenvalue weighted by Crippen LogP contribution is 2.32. The summed E-state index contributed by atoms with van der Waals surface area (Å²) < 4.78 is 1.81. The maximum atomic E-state index is 13.4. The first-order valence-corrected chi connectivity index (χ1v) is 11.3. The van der Waals surface area contributed by atoms with Crippen LogP contribution in [0.1, 0.15) is 5.56 Å². The van der Waals surface area contributed by atoms with Crippen molar-refractivity contribution in [1.82, 2.24) is 9.78 Å². The van der Waals surface area contributed by atoms with E-state index in [1.807, 2.05) is 89.7 Å². The Kier molecular flexibility index (Phi) is 5.93. The lowest BCUT2D eigenvalue weighted by molar-refractivity contribution is -0.119. The molecule has 5 heteroatoms. The third-order valence-electron chi connectivity index (χ3n) is 6.05. The van der Waals surface area contributed by atoms with E-state index >= 15 is 0 Å². The smallest absolute Gasteiger partial charge is 0.244 e. The number of amides is 1. The third kappa shape index (κ3) is 4.34. The number of likely N-dealkylation sites (N-methyl/N-ethyl adjacent to an activating group) is 1. The molecule has 2 N–H and O–H groups in total. The molecule has 168 valence electrons. The van der Waals surface area contributed by atoms with Gasteiger partial charge in [-0.05, 0) is 41.0 Å². The first-order chi connectivity index (χ1) is 16.6. The molecule has 34 heavy (non-hydrogen) atoms. The standard InChI is InChI=1S/C29H26N4O/c1-32(29(34)26(30)18-21-10-4-2-5-11-21)27-20-33(25-14-6-3-7-15-25)31-28(27)24-17-16-22-12-8-9-13-23(22)19-24/h2-17,19-20,26H,18,30H2,1H3/t26-/m1/s1. The van der Waals surface area contributed by atoms with Gasteiger partial charge in [-0.2, -0.15) is 5.10 Å². The number of para-hydroxylation sites is 1. The summed E-state index contributed by atoms with van der Waals surface area (Å²) in [4.78, 5) is 15.0. The summed E-state index contributed by atoms with van der Waals surface area (Å²) in [7, 11) is 1.77. The molecule has 0 radical (unpaired) electrons. The average Bonchev–Trinajstić information content (AvgIpc) is 3.34. The molecule has 0 aliphatic rings. The van der Waals surface area contributed by atoms with Crippen LogP contribution in [0.15, 0.2) is 109 Å². The molecule has 5 nitrogen and oxygen atoms in total. The van der Waals surface area contributed by atoms with Crippen molar-refractivity contribution >= 4 is 22.4 Å². The summed E-state index contributed by atoms with van der Waals surface area (Å²) in [6.07, 6.45) is 2.37. The maximum absolute atomic E-state index is 13.4. The highest BCUT2D eigenvalue weighted by Gasteiger charge is 2.24. The Morgan fingerprint density at radius 1 is 0.882 bits per heavy atom. The van der Waals surface area contributed by atoms with E-state index in [0.717, 1.165) is 33.3 Å². The summed E-state index contributed by atoms with van der Waals surface area (Å²) in [5.74, 6) is -0.154. The number of hydrogen-bond acceptors (Lipinski definition) is 3. The van der Waals surface area contributed by atoms with Crippen molar-refractivity contribution in [2.24, 2.45) is 5.73 Å². The number of fused-ring (bicyclic) bond motifs is 1. The van der Waals surface area contributed by atoms with E-state index in [1.165, 1.54) is 0 Å². The van der Waals surface area contributed by atoms with Crippen LogP contribution in [0.25, 0.3) is 27.7 Å². The lowest BCUT2D eigenvalue weighted by Crippen LogP contribution is -2.43. The van der Waals surface area contributed by atoms with Crippen molar-refractivity contribution in [2.75, 3.05) is 11.9 Å². The molecule has 0 saturated carbocycles. The van der Waals surface area contributed by atoms with Crippen LogP contribution in [0, 0.1) is 0 Å². The number of rotatable bonds is 6. The zero-order valence-electron chi connectivity index (χ0n) is 19.0. The van der Waals surface area contributed by atoms with Crippen LogP contribution in [0.4, 0.5) is 5.69 Å². The molecule has 0 aliphatic carbocycles. The van der Waals surface area contributed by atoms with Crippen molar-refractivity contribution in [3.8, 4) is 16.9 Å². The monoisotopic (exact) mass is 446 g/mol. The van der Waals surface area contributed by atoms with Gasteiger partial charge < -0.3 is 10.6 Å². The molecule has 0 bridgehead atoms. The maximum Gasteiger partial charge on any atom is 0.244 e. The van der Waals surface area contributed by atoms with E-state index in [1.54, 1.807) is 11.9 Å². The number of nitrogens with two attached hydrogens (primary N) is 1. The Labute approximate surface area is 199 Å². The van der Waals surface area contributed by atoms with Crippen molar-refractivity contribution in [3.05, 3.63) is 115 Å². The second-order valence-electron chi connectivity index (χ2n) is 8.40. The number of nitrogens with zero attached hydrogens (tertiary/aromatic N) is 3. The summed E-state index contributed by atoms with van der Waals surface area (Å²) in [5, 5.41) is 7.16. The first-order valence-electron chi connectivity index (χ1n) is 11.3. The fourth-order valence-corrected chi connectivity index (χ4v) is 4.19. The molecule has 1 amide bonds. The molecule has 0 spiro atoms. The predicted octanol–water partition coefficient (Wildman–Crippen LogP) is 5.23. The Morgan fingerprint density at radius 3 is 2.26 bits per heavy atom. The van der Waals surface area contributed by atoms with Gasteiger partial charge in [0.05, 0.1) is 23.6 Å². The topological polar surface area (TPSA) is 64.2 Å². The number of carbonyl (C=O) groups excluding carboxylic acids is 1. The highest BCUT2D eigenvalue weighted by atomic mass is 16.2. The summed E-state index contributed by atoms with van der Waals surface area (Å²) in [5.41, 5.74) is 10.7. The molecule has 5 rings (SSSR count). The minimum Gasteiger partial charge on any atom is -0.320 e. The van der Waals surface area contributed by atoms with E-state index in [0.29, 0.717) is 12.1 Å². The van der Waals surface area contributed by atoms with Gasteiger partial charge in [0, 0.05) is 12.6 Å². The Hall–Kier alpha value is -4.22. The van der Waals surface area contributed by atoms with Crippen LogP contribution < -0.4 is 10.6 Å². The van der Waals surface area contributed by atoms with Gasteiger partial charge in [0.15, 0.2) is 0 Å². The molecule has 0 unspecified atom stereocenters. The summed E-state index contributed by atoms with van der Waals surface area (Å²) >= 11 is 0. The van der Waals surface area contributed by atoms with Crippen molar-refractivity contribution in [1.29, 1.82) is 0 Å². The molecular formula is C29H26N4O. The second-order valence-corrected chi connectivity index (χ2v) is 8.40. The molecule has 5 aromatic rings. The zero-order chi connectivity index (χ0) is 23.5. The molecule has 0 fully saturated rings. The first kappa shape index (κ1) is 21.6. The van der Waals surface area contributed by atoms with Crippen molar-refractivity contribution in [3.63, 3.8) is 0 Å². The molecule has 0 saturated heterocycles. The lowest BCUT2D eigenvalue weighted by atomic mass is 10.0. The number of carbonyl (C=O) groups is 1. The fourth-order valence-electron chi connectivity index (χ4n) is 4.19. The lowest BCUT2D eigenvalue weighted by Gasteiger charge is -2.21. The molecule has 1 heterocycles. The average molecular weight is 447 g/mol. The van der Waals surface area contributed by atoms with E-state index in [4.69, 9.17) is 10.8 Å². The summed E-state index contributed by atoms with van der Waals surface area (Å²) in [6, 6.07) is 33.5. The number of hydrogen-bond donors (Lipinski definition) is 1. The van der Waals surface area contributed by atoms with Crippen LogP contribution >= 0.6 is 0 Å². The third-order valence-corrected chi connectivity index (χ3v) is 6.05. The van der Waals surface area contributed by atoms with E-state index in [2.05, 4.69) is 24.3 Å². The van der Waals surface area contributed by atoms with Crippen LogP contribution in [-0.2, 0) is 11.2 Å². The number of anilines is 1. The van der Waals surface area contributed by atoms with Gasteiger partial charge in [0.2, 0.25) is 5.91 Å². The normalized spacial score (nSPS) is 11.9. The van der Waals surface area contributed by atoms with Crippen molar-refractivity contribution in [2.45, 2.75) is 12.5 Å².